The van der Waals surface area contributed by atoms with E-state index in [4.69, 9.17) is 13.9 Å². The van der Waals surface area contributed by atoms with Gasteiger partial charge in [-0.3, -0.25) is 0 Å². The van der Waals surface area contributed by atoms with Crippen LogP contribution in [0, 0.1) is 6.92 Å². The molecular formula is C19H24O5. The van der Waals surface area contributed by atoms with Crippen molar-refractivity contribution in [1.82, 2.24) is 0 Å². The van der Waals surface area contributed by atoms with Crippen molar-refractivity contribution < 1.29 is 18.7 Å². The van der Waals surface area contributed by atoms with E-state index in [9.17, 15) is 9.59 Å². The number of esters is 1. The second-order valence-corrected chi connectivity index (χ2v) is 5.76. The first-order valence-electron chi connectivity index (χ1n) is 8.41. The SMILES string of the molecule is CCCCOC(=O)COc1ccc2c(C)c(CCC)c(=O)oc2c1. The molecular weight excluding hydrogens is 308 g/mol. The topological polar surface area (TPSA) is 65.7 Å². The van der Waals surface area contributed by atoms with E-state index in [0.29, 0.717) is 24.4 Å². The molecule has 5 heteroatoms. The molecule has 130 valence electrons. The van der Waals surface area contributed by atoms with Crippen LogP contribution in [0.2, 0.25) is 0 Å². The maximum absolute atomic E-state index is 12.1. The lowest BCUT2D eigenvalue weighted by molar-refractivity contribution is -0.146. The molecule has 0 aliphatic heterocycles. The maximum Gasteiger partial charge on any atom is 0.344 e. The fourth-order valence-electron chi connectivity index (χ4n) is 2.52. The Morgan fingerprint density at radius 3 is 2.71 bits per heavy atom. The van der Waals surface area contributed by atoms with Gasteiger partial charge < -0.3 is 13.9 Å². The molecule has 0 unspecified atom stereocenters. The van der Waals surface area contributed by atoms with E-state index in [1.807, 2.05) is 26.8 Å². The van der Waals surface area contributed by atoms with E-state index in [2.05, 4.69) is 0 Å². The largest absolute Gasteiger partial charge is 0.482 e. The fourth-order valence-corrected chi connectivity index (χ4v) is 2.52. The van der Waals surface area contributed by atoms with Crippen LogP contribution in [-0.2, 0) is 16.0 Å². The van der Waals surface area contributed by atoms with Crippen LogP contribution in [0.4, 0.5) is 0 Å². The zero-order valence-corrected chi connectivity index (χ0v) is 14.5. The molecule has 0 amide bonds. The van der Waals surface area contributed by atoms with Gasteiger partial charge in [-0.25, -0.2) is 9.59 Å². The first-order chi connectivity index (χ1) is 11.6. The van der Waals surface area contributed by atoms with Gasteiger partial charge in [0.05, 0.1) is 6.61 Å². The minimum absolute atomic E-state index is 0.160. The minimum Gasteiger partial charge on any atom is -0.482 e. The molecule has 1 heterocycles. The number of aryl methyl sites for hydroxylation is 1. The van der Waals surface area contributed by atoms with Crippen molar-refractivity contribution in [2.45, 2.75) is 46.5 Å². The summed E-state index contributed by atoms with van der Waals surface area (Å²) in [5, 5.41) is 0.885. The van der Waals surface area contributed by atoms with Crippen LogP contribution >= 0.6 is 0 Å². The van der Waals surface area contributed by atoms with Crippen molar-refractivity contribution in [2.75, 3.05) is 13.2 Å². The van der Waals surface area contributed by atoms with Crippen molar-refractivity contribution in [1.29, 1.82) is 0 Å². The Morgan fingerprint density at radius 2 is 2.00 bits per heavy atom. The van der Waals surface area contributed by atoms with Gasteiger partial charge in [-0.2, -0.15) is 0 Å². The summed E-state index contributed by atoms with van der Waals surface area (Å²) in [5.74, 6) is 0.0696. The molecule has 0 saturated carbocycles. The molecule has 0 spiro atoms. The summed E-state index contributed by atoms with van der Waals surface area (Å²) in [6.07, 6.45) is 3.40. The van der Waals surface area contributed by atoms with Crippen molar-refractivity contribution in [3.05, 3.63) is 39.7 Å². The molecule has 24 heavy (non-hydrogen) atoms. The van der Waals surface area contributed by atoms with E-state index in [1.165, 1.54) is 0 Å². The predicted octanol–water partition coefficient (Wildman–Crippen LogP) is 3.78. The normalized spacial score (nSPS) is 10.8. The first-order valence-corrected chi connectivity index (χ1v) is 8.41. The summed E-state index contributed by atoms with van der Waals surface area (Å²) in [4.78, 5) is 23.6. The average molecular weight is 332 g/mol. The number of hydrogen-bond donors (Lipinski definition) is 0. The molecule has 1 aromatic heterocycles. The molecule has 0 saturated heterocycles. The van der Waals surface area contributed by atoms with Crippen molar-refractivity contribution in [2.24, 2.45) is 0 Å². The molecule has 0 bridgehead atoms. The molecule has 2 aromatic rings. The molecule has 0 N–H and O–H groups in total. The molecule has 1 aromatic carbocycles. The first kappa shape index (κ1) is 18.0. The van der Waals surface area contributed by atoms with Gasteiger partial charge in [0, 0.05) is 17.0 Å². The Balaban J connectivity index is 2.13. The molecule has 5 nitrogen and oxygen atoms in total. The molecule has 0 fully saturated rings. The number of carbonyl (C=O) groups is 1. The zero-order valence-electron chi connectivity index (χ0n) is 14.5. The van der Waals surface area contributed by atoms with Gasteiger partial charge in [0.25, 0.3) is 0 Å². The second-order valence-electron chi connectivity index (χ2n) is 5.76. The number of ether oxygens (including phenoxy) is 2. The lowest BCUT2D eigenvalue weighted by Crippen LogP contribution is -2.15. The fraction of sp³-hybridized carbons (Fsp3) is 0.474. The highest BCUT2D eigenvalue weighted by molar-refractivity contribution is 5.82. The van der Waals surface area contributed by atoms with Crippen LogP contribution in [0.25, 0.3) is 11.0 Å². The summed E-state index contributed by atoms with van der Waals surface area (Å²) in [7, 11) is 0. The quantitative estimate of drug-likeness (QED) is 0.418. The third-order valence-electron chi connectivity index (χ3n) is 3.88. The Kier molecular flexibility index (Phi) is 6.41. The third kappa shape index (κ3) is 4.37. The van der Waals surface area contributed by atoms with Crippen molar-refractivity contribution in [3.63, 3.8) is 0 Å². The van der Waals surface area contributed by atoms with Gasteiger partial charge in [-0.05, 0) is 37.5 Å². The van der Waals surface area contributed by atoms with Crippen molar-refractivity contribution in [3.8, 4) is 5.75 Å². The second kappa shape index (κ2) is 8.52. The highest BCUT2D eigenvalue weighted by atomic mass is 16.6. The molecule has 2 rings (SSSR count). The summed E-state index contributed by atoms with van der Waals surface area (Å²) in [6, 6.07) is 5.26. The van der Waals surface area contributed by atoms with Gasteiger partial charge in [0.1, 0.15) is 11.3 Å². The van der Waals surface area contributed by atoms with Crippen LogP contribution in [0.5, 0.6) is 5.75 Å². The Bertz CT molecular complexity index is 760. The number of fused-ring (bicyclic) bond motifs is 1. The molecule has 0 atom stereocenters. The van der Waals surface area contributed by atoms with Gasteiger partial charge >= 0.3 is 11.6 Å². The lowest BCUT2D eigenvalue weighted by atomic mass is 10.0. The Labute approximate surface area is 141 Å². The minimum atomic E-state index is -0.403. The molecule has 0 radical (unpaired) electrons. The number of hydrogen-bond acceptors (Lipinski definition) is 5. The molecule has 0 aliphatic rings. The number of unbranched alkanes of at least 4 members (excludes halogenated alkanes) is 1. The van der Waals surface area contributed by atoms with Gasteiger partial charge in [-0.1, -0.05) is 26.7 Å². The standard InChI is InChI=1S/C19H24O5/c1-4-6-10-22-18(20)12-23-14-8-9-15-13(3)16(7-5-2)19(21)24-17(15)11-14/h8-9,11H,4-7,10,12H2,1-3H3. The smallest absolute Gasteiger partial charge is 0.344 e. The highest BCUT2D eigenvalue weighted by Crippen LogP contribution is 2.24. The van der Waals surface area contributed by atoms with Gasteiger partial charge in [0.2, 0.25) is 0 Å². The van der Waals surface area contributed by atoms with Crippen LogP contribution < -0.4 is 10.4 Å². The Morgan fingerprint density at radius 1 is 1.21 bits per heavy atom. The monoisotopic (exact) mass is 332 g/mol. The van der Waals surface area contributed by atoms with Crippen LogP contribution in [0.3, 0.4) is 0 Å². The third-order valence-corrected chi connectivity index (χ3v) is 3.88. The predicted molar refractivity (Wildman–Crippen MR) is 92.6 cm³/mol. The van der Waals surface area contributed by atoms with E-state index in [1.54, 1.807) is 12.1 Å². The summed E-state index contributed by atoms with van der Waals surface area (Å²) in [5.41, 5.74) is 1.82. The van der Waals surface area contributed by atoms with Gasteiger partial charge in [0.15, 0.2) is 6.61 Å². The maximum atomic E-state index is 12.1. The van der Waals surface area contributed by atoms with Crippen LogP contribution in [-0.4, -0.2) is 19.2 Å². The number of rotatable bonds is 8. The zero-order chi connectivity index (χ0) is 17.5. The summed E-state index contributed by atoms with van der Waals surface area (Å²) in [6.45, 7) is 6.23. The van der Waals surface area contributed by atoms with E-state index in [-0.39, 0.29) is 12.2 Å². The van der Waals surface area contributed by atoms with E-state index in [0.717, 1.165) is 35.8 Å². The summed E-state index contributed by atoms with van der Waals surface area (Å²) >= 11 is 0. The lowest BCUT2D eigenvalue weighted by Gasteiger charge is -2.09. The number of carbonyl (C=O) groups excluding carboxylic acids is 1. The highest BCUT2D eigenvalue weighted by Gasteiger charge is 2.12. The average Bonchev–Trinajstić information content (AvgIpc) is 2.56. The van der Waals surface area contributed by atoms with Crippen LogP contribution in [0.1, 0.15) is 44.2 Å². The van der Waals surface area contributed by atoms with Crippen molar-refractivity contribution >= 4 is 16.9 Å². The van der Waals surface area contributed by atoms with Crippen LogP contribution in [0.15, 0.2) is 27.4 Å². The molecule has 0 aliphatic carbocycles. The van der Waals surface area contributed by atoms with E-state index < -0.39 is 5.97 Å². The summed E-state index contributed by atoms with van der Waals surface area (Å²) < 4.78 is 15.9. The number of benzene rings is 1. The van der Waals surface area contributed by atoms with Gasteiger partial charge in [-0.15, -0.1) is 0 Å². The van der Waals surface area contributed by atoms with E-state index >= 15 is 0 Å². The Hall–Kier alpha value is -2.30.